The number of anilines is 1. The van der Waals surface area contributed by atoms with Crippen LogP contribution in [-0.4, -0.2) is 19.1 Å². The van der Waals surface area contributed by atoms with E-state index in [0.29, 0.717) is 6.61 Å². The monoisotopic (exact) mass is 284 g/mol. The highest BCUT2D eigenvalue weighted by Gasteiger charge is 2.13. The summed E-state index contributed by atoms with van der Waals surface area (Å²) in [7, 11) is 4.05. The van der Waals surface area contributed by atoms with Crippen LogP contribution in [0.2, 0.25) is 0 Å². The lowest BCUT2D eigenvalue weighted by molar-refractivity contribution is 0.301. The fourth-order valence-electron chi connectivity index (χ4n) is 2.49. The highest BCUT2D eigenvalue weighted by molar-refractivity contribution is 5.53. The molecule has 2 aromatic rings. The molecule has 1 aromatic carbocycles. The fraction of sp³-hybridized carbons (Fsp3) is 0.389. The summed E-state index contributed by atoms with van der Waals surface area (Å²) in [4.78, 5) is 6.58. The molecule has 0 aliphatic heterocycles. The molecule has 0 atom stereocenters. The van der Waals surface area contributed by atoms with Gasteiger partial charge < -0.3 is 9.64 Å². The van der Waals surface area contributed by atoms with Crippen molar-refractivity contribution in [1.82, 2.24) is 4.98 Å². The Hall–Kier alpha value is -2.03. The van der Waals surface area contributed by atoms with Gasteiger partial charge in [0.25, 0.3) is 0 Å². The first-order valence-corrected chi connectivity index (χ1v) is 7.46. The Balaban J connectivity index is 2.24. The van der Waals surface area contributed by atoms with Crippen LogP contribution in [0.15, 0.2) is 36.5 Å². The summed E-state index contributed by atoms with van der Waals surface area (Å²) in [5.41, 5.74) is 3.66. The Morgan fingerprint density at radius 2 is 1.86 bits per heavy atom. The number of hydrogen-bond donors (Lipinski definition) is 0. The third-order valence-electron chi connectivity index (χ3n) is 3.55. The van der Waals surface area contributed by atoms with E-state index in [1.54, 1.807) is 0 Å². The molecule has 0 radical (unpaired) electrons. The van der Waals surface area contributed by atoms with Gasteiger partial charge in [-0.3, -0.25) is 0 Å². The predicted octanol–water partition coefficient (Wildman–Crippen LogP) is 3.99. The summed E-state index contributed by atoms with van der Waals surface area (Å²) in [5, 5.41) is 0. The van der Waals surface area contributed by atoms with Gasteiger partial charge in [0.2, 0.25) is 0 Å². The summed E-state index contributed by atoms with van der Waals surface area (Å²) in [5.74, 6) is 1.93. The summed E-state index contributed by atoms with van der Waals surface area (Å²) in [6, 6.07) is 10.2. The number of benzene rings is 1. The zero-order valence-electron chi connectivity index (χ0n) is 13.4. The first kappa shape index (κ1) is 15.4. The van der Waals surface area contributed by atoms with Crippen LogP contribution >= 0.6 is 0 Å². The summed E-state index contributed by atoms with van der Waals surface area (Å²) >= 11 is 0. The molecule has 0 saturated carbocycles. The number of pyridine rings is 1. The van der Waals surface area contributed by atoms with Gasteiger partial charge in [0.15, 0.2) is 0 Å². The molecule has 3 heteroatoms. The van der Waals surface area contributed by atoms with Crippen LogP contribution in [0.25, 0.3) is 0 Å². The van der Waals surface area contributed by atoms with Gasteiger partial charge in [0.1, 0.15) is 18.2 Å². The van der Waals surface area contributed by atoms with Crippen LogP contribution in [0.1, 0.15) is 30.0 Å². The number of hydrogen-bond acceptors (Lipinski definition) is 3. The van der Waals surface area contributed by atoms with E-state index in [2.05, 4.69) is 35.9 Å². The van der Waals surface area contributed by atoms with Crippen LogP contribution in [-0.2, 0) is 13.0 Å². The maximum absolute atomic E-state index is 6.01. The Morgan fingerprint density at radius 1 is 1.14 bits per heavy atom. The van der Waals surface area contributed by atoms with Crippen LogP contribution in [0.3, 0.4) is 0 Å². The molecule has 0 spiro atoms. The van der Waals surface area contributed by atoms with Crippen molar-refractivity contribution >= 4 is 5.82 Å². The van der Waals surface area contributed by atoms with Gasteiger partial charge in [-0.05, 0) is 24.5 Å². The molecule has 0 saturated heterocycles. The predicted molar refractivity (Wildman–Crippen MR) is 88.1 cm³/mol. The number of aromatic nitrogens is 1. The highest BCUT2D eigenvalue weighted by atomic mass is 16.5. The standard InChI is InChI=1S/C18H24N2O/c1-5-9-16-14(2)18(20(3)4)19-12-17(16)21-13-15-10-7-6-8-11-15/h6-8,10-12H,5,9,13H2,1-4H3. The SMILES string of the molecule is CCCc1c(OCc2ccccc2)cnc(N(C)C)c1C. The molecule has 1 heterocycles. The van der Waals surface area contributed by atoms with Crippen LogP contribution in [0.5, 0.6) is 5.75 Å². The van der Waals surface area contributed by atoms with Gasteiger partial charge in [0.05, 0.1) is 6.20 Å². The Morgan fingerprint density at radius 3 is 2.48 bits per heavy atom. The lowest BCUT2D eigenvalue weighted by Crippen LogP contribution is -2.14. The highest BCUT2D eigenvalue weighted by Crippen LogP contribution is 2.29. The van der Waals surface area contributed by atoms with Crippen molar-refractivity contribution in [2.24, 2.45) is 0 Å². The zero-order chi connectivity index (χ0) is 15.2. The smallest absolute Gasteiger partial charge is 0.141 e. The average molecular weight is 284 g/mol. The molecule has 3 nitrogen and oxygen atoms in total. The molecule has 1 aromatic heterocycles. The maximum atomic E-state index is 6.01. The molecule has 0 aliphatic rings. The Bertz CT molecular complexity index is 579. The molecular formula is C18H24N2O. The van der Waals surface area contributed by atoms with E-state index in [0.717, 1.165) is 24.4 Å². The van der Waals surface area contributed by atoms with Crippen molar-refractivity contribution in [3.63, 3.8) is 0 Å². The molecule has 0 bridgehead atoms. The molecule has 21 heavy (non-hydrogen) atoms. The van der Waals surface area contributed by atoms with E-state index < -0.39 is 0 Å². The molecule has 0 fully saturated rings. The quantitative estimate of drug-likeness (QED) is 0.802. The topological polar surface area (TPSA) is 25.4 Å². The van der Waals surface area contributed by atoms with Gasteiger partial charge in [-0.25, -0.2) is 4.98 Å². The molecule has 0 amide bonds. The van der Waals surface area contributed by atoms with Crippen LogP contribution in [0.4, 0.5) is 5.82 Å². The molecular weight excluding hydrogens is 260 g/mol. The van der Waals surface area contributed by atoms with E-state index in [9.17, 15) is 0 Å². The second-order valence-electron chi connectivity index (χ2n) is 5.47. The lowest BCUT2D eigenvalue weighted by atomic mass is 10.0. The van der Waals surface area contributed by atoms with E-state index in [4.69, 9.17) is 4.74 Å². The fourth-order valence-corrected chi connectivity index (χ4v) is 2.49. The minimum absolute atomic E-state index is 0.583. The van der Waals surface area contributed by atoms with E-state index in [1.165, 1.54) is 16.7 Å². The largest absolute Gasteiger partial charge is 0.487 e. The van der Waals surface area contributed by atoms with Gasteiger partial charge >= 0.3 is 0 Å². The molecule has 0 N–H and O–H groups in total. The summed E-state index contributed by atoms with van der Waals surface area (Å²) in [6.07, 6.45) is 3.97. The van der Waals surface area contributed by atoms with Crippen molar-refractivity contribution < 1.29 is 4.74 Å². The minimum Gasteiger partial charge on any atom is -0.487 e. The van der Waals surface area contributed by atoms with Gasteiger partial charge in [-0.15, -0.1) is 0 Å². The number of rotatable bonds is 6. The van der Waals surface area contributed by atoms with Crippen molar-refractivity contribution in [3.8, 4) is 5.75 Å². The zero-order valence-corrected chi connectivity index (χ0v) is 13.4. The van der Waals surface area contributed by atoms with E-state index >= 15 is 0 Å². The van der Waals surface area contributed by atoms with Crippen molar-refractivity contribution in [2.45, 2.75) is 33.3 Å². The second kappa shape index (κ2) is 7.11. The average Bonchev–Trinajstić information content (AvgIpc) is 2.48. The normalized spacial score (nSPS) is 10.5. The van der Waals surface area contributed by atoms with Gasteiger partial charge in [-0.2, -0.15) is 0 Å². The van der Waals surface area contributed by atoms with Gasteiger partial charge in [0, 0.05) is 19.7 Å². The van der Waals surface area contributed by atoms with Crippen LogP contribution in [0, 0.1) is 6.92 Å². The van der Waals surface area contributed by atoms with Crippen LogP contribution < -0.4 is 9.64 Å². The summed E-state index contributed by atoms with van der Waals surface area (Å²) < 4.78 is 6.01. The Labute approximate surface area is 127 Å². The van der Waals surface area contributed by atoms with Crippen molar-refractivity contribution in [3.05, 3.63) is 53.2 Å². The van der Waals surface area contributed by atoms with Crippen molar-refractivity contribution in [1.29, 1.82) is 0 Å². The number of ether oxygens (including phenoxy) is 1. The van der Waals surface area contributed by atoms with E-state index in [-0.39, 0.29) is 0 Å². The Kier molecular flexibility index (Phi) is 5.20. The molecule has 112 valence electrons. The summed E-state index contributed by atoms with van der Waals surface area (Å²) in [6.45, 7) is 4.90. The molecule has 0 unspecified atom stereocenters. The van der Waals surface area contributed by atoms with Crippen molar-refractivity contribution in [2.75, 3.05) is 19.0 Å². The molecule has 2 rings (SSSR count). The second-order valence-corrected chi connectivity index (χ2v) is 5.47. The lowest BCUT2D eigenvalue weighted by Gasteiger charge is -2.19. The first-order chi connectivity index (χ1) is 10.1. The van der Waals surface area contributed by atoms with Gasteiger partial charge in [-0.1, -0.05) is 43.7 Å². The minimum atomic E-state index is 0.583. The first-order valence-electron chi connectivity index (χ1n) is 7.46. The molecule has 0 aliphatic carbocycles. The third-order valence-corrected chi connectivity index (χ3v) is 3.55. The van der Waals surface area contributed by atoms with E-state index in [1.807, 2.05) is 38.5 Å². The maximum Gasteiger partial charge on any atom is 0.141 e. The number of nitrogens with zero attached hydrogens (tertiary/aromatic N) is 2. The third kappa shape index (κ3) is 3.75.